The predicted molar refractivity (Wildman–Crippen MR) is 45.7 cm³/mol. The highest BCUT2D eigenvalue weighted by Gasteiger charge is 2.37. The van der Waals surface area contributed by atoms with E-state index in [0.717, 1.165) is 11.6 Å². The van der Waals surface area contributed by atoms with Crippen molar-refractivity contribution in [2.45, 2.75) is 19.1 Å². The number of rotatable bonds is 1. The van der Waals surface area contributed by atoms with E-state index in [9.17, 15) is 13.2 Å². The first-order chi connectivity index (χ1) is 5.41. The average molecular weight is 290 g/mol. The van der Waals surface area contributed by atoms with E-state index in [0.29, 0.717) is 3.57 Å². The largest absolute Gasteiger partial charge is 0.410 e. The van der Waals surface area contributed by atoms with Crippen LogP contribution in [0.4, 0.5) is 13.2 Å². The molecule has 0 bridgehead atoms. The second kappa shape index (κ2) is 3.23. The summed E-state index contributed by atoms with van der Waals surface area (Å²) in [5.41, 5.74) is 0. The molecule has 6 heteroatoms. The SMILES string of the molecule is CC(n1cc(I)cn1)C(F)(F)F. The molecule has 1 aromatic heterocycles. The van der Waals surface area contributed by atoms with E-state index in [1.54, 1.807) is 0 Å². The van der Waals surface area contributed by atoms with Crippen molar-refractivity contribution >= 4 is 22.6 Å². The molecule has 0 saturated heterocycles. The first-order valence-electron chi connectivity index (χ1n) is 3.17. The van der Waals surface area contributed by atoms with Crippen molar-refractivity contribution in [1.29, 1.82) is 0 Å². The molecule has 0 aromatic carbocycles. The van der Waals surface area contributed by atoms with E-state index in [-0.39, 0.29) is 0 Å². The Morgan fingerprint density at radius 3 is 2.50 bits per heavy atom. The van der Waals surface area contributed by atoms with E-state index < -0.39 is 12.2 Å². The van der Waals surface area contributed by atoms with Gasteiger partial charge in [0.15, 0.2) is 0 Å². The van der Waals surface area contributed by atoms with Crippen molar-refractivity contribution in [2.75, 3.05) is 0 Å². The van der Waals surface area contributed by atoms with Crippen LogP contribution in [0, 0.1) is 3.57 Å². The quantitative estimate of drug-likeness (QED) is 0.727. The van der Waals surface area contributed by atoms with E-state index in [1.165, 1.54) is 12.4 Å². The summed E-state index contributed by atoms with van der Waals surface area (Å²) < 4.78 is 37.8. The maximum Gasteiger partial charge on any atom is 0.410 e. The minimum Gasteiger partial charge on any atom is -0.260 e. The first-order valence-corrected chi connectivity index (χ1v) is 4.25. The molecule has 1 rings (SSSR count). The van der Waals surface area contributed by atoms with Crippen LogP contribution in [-0.2, 0) is 0 Å². The van der Waals surface area contributed by atoms with Gasteiger partial charge in [0.2, 0.25) is 0 Å². The van der Waals surface area contributed by atoms with Gasteiger partial charge in [0, 0.05) is 6.20 Å². The molecule has 1 unspecified atom stereocenters. The Bertz CT molecular complexity index is 268. The van der Waals surface area contributed by atoms with E-state index in [1.807, 2.05) is 22.6 Å². The third-order valence-corrected chi connectivity index (χ3v) is 2.00. The molecule has 1 aromatic rings. The highest BCUT2D eigenvalue weighted by Crippen LogP contribution is 2.29. The number of nitrogens with zero attached hydrogens (tertiary/aromatic N) is 2. The summed E-state index contributed by atoms with van der Waals surface area (Å²) in [7, 11) is 0. The lowest BCUT2D eigenvalue weighted by Gasteiger charge is -2.15. The van der Waals surface area contributed by atoms with Crippen molar-refractivity contribution in [3.8, 4) is 0 Å². The topological polar surface area (TPSA) is 17.8 Å². The Balaban J connectivity index is 2.85. The highest BCUT2D eigenvalue weighted by molar-refractivity contribution is 14.1. The summed E-state index contributed by atoms with van der Waals surface area (Å²) in [6.07, 6.45) is -1.48. The van der Waals surface area contributed by atoms with Crippen molar-refractivity contribution in [1.82, 2.24) is 9.78 Å². The standard InChI is InChI=1S/C6H6F3IN2/c1-4(6(7,8)9)12-3-5(10)2-11-12/h2-4H,1H3. The van der Waals surface area contributed by atoms with Crippen LogP contribution in [0.15, 0.2) is 12.4 Å². The monoisotopic (exact) mass is 290 g/mol. The molecule has 0 aliphatic carbocycles. The van der Waals surface area contributed by atoms with Crippen molar-refractivity contribution in [3.05, 3.63) is 16.0 Å². The molecule has 0 aliphatic heterocycles. The lowest BCUT2D eigenvalue weighted by molar-refractivity contribution is -0.165. The van der Waals surface area contributed by atoms with Crippen LogP contribution in [0.2, 0.25) is 0 Å². The van der Waals surface area contributed by atoms with Crippen molar-refractivity contribution in [2.24, 2.45) is 0 Å². The third kappa shape index (κ3) is 2.11. The molecule has 0 radical (unpaired) electrons. The number of alkyl halides is 3. The lowest BCUT2D eigenvalue weighted by atomic mass is 10.3. The molecular weight excluding hydrogens is 284 g/mol. The summed E-state index contributed by atoms with van der Waals surface area (Å²) in [6.45, 7) is 1.07. The average Bonchev–Trinajstić information content (AvgIpc) is 2.32. The molecule has 0 amide bonds. The van der Waals surface area contributed by atoms with Crippen LogP contribution in [0.3, 0.4) is 0 Å². The predicted octanol–water partition coefficient (Wildman–Crippen LogP) is 2.61. The maximum atomic E-state index is 12.1. The Morgan fingerprint density at radius 2 is 2.17 bits per heavy atom. The van der Waals surface area contributed by atoms with Gasteiger partial charge in [0.05, 0.1) is 9.77 Å². The summed E-state index contributed by atoms with van der Waals surface area (Å²) >= 11 is 1.91. The molecule has 1 heterocycles. The summed E-state index contributed by atoms with van der Waals surface area (Å²) in [6, 6.07) is -1.55. The smallest absolute Gasteiger partial charge is 0.260 e. The zero-order valence-electron chi connectivity index (χ0n) is 6.14. The van der Waals surface area contributed by atoms with Gasteiger partial charge in [-0.15, -0.1) is 0 Å². The van der Waals surface area contributed by atoms with Gasteiger partial charge >= 0.3 is 6.18 Å². The van der Waals surface area contributed by atoms with Crippen molar-refractivity contribution < 1.29 is 13.2 Å². The Kier molecular flexibility index (Phi) is 2.64. The summed E-state index contributed by atoms with van der Waals surface area (Å²) in [5.74, 6) is 0. The minimum atomic E-state index is -4.23. The van der Waals surface area contributed by atoms with Crippen LogP contribution >= 0.6 is 22.6 Å². The van der Waals surface area contributed by atoms with Crippen LogP contribution < -0.4 is 0 Å². The molecule has 1 atom stereocenters. The second-order valence-electron chi connectivity index (χ2n) is 2.36. The van der Waals surface area contributed by atoms with Gasteiger partial charge < -0.3 is 0 Å². The van der Waals surface area contributed by atoms with Gasteiger partial charge in [-0.05, 0) is 29.5 Å². The molecule has 0 spiro atoms. The fourth-order valence-corrected chi connectivity index (χ4v) is 1.09. The Hall–Kier alpha value is -0.270. The summed E-state index contributed by atoms with van der Waals surface area (Å²) in [4.78, 5) is 0. The van der Waals surface area contributed by atoms with Gasteiger partial charge in [-0.2, -0.15) is 18.3 Å². The van der Waals surface area contributed by atoms with Gasteiger partial charge in [-0.3, -0.25) is 4.68 Å². The molecule has 0 aliphatic rings. The fraction of sp³-hybridized carbons (Fsp3) is 0.500. The van der Waals surface area contributed by atoms with Crippen LogP contribution in [-0.4, -0.2) is 16.0 Å². The van der Waals surface area contributed by atoms with E-state index >= 15 is 0 Å². The normalized spacial score (nSPS) is 14.8. The molecule has 68 valence electrons. The molecule has 12 heavy (non-hydrogen) atoms. The Morgan fingerprint density at radius 1 is 1.58 bits per heavy atom. The summed E-state index contributed by atoms with van der Waals surface area (Å²) in [5, 5.41) is 3.57. The fourth-order valence-electron chi connectivity index (χ4n) is 0.677. The van der Waals surface area contributed by atoms with Crippen LogP contribution in [0.1, 0.15) is 13.0 Å². The number of aromatic nitrogens is 2. The van der Waals surface area contributed by atoms with Gasteiger partial charge in [0.25, 0.3) is 0 Å². The number of hydrogen-bond acceptors (Lipinski definition) is 1. The van der Waals surface area contributed by atoms with E-state index in [2.05, 4.69) is 5.10 Å². The van der Waals surface area contributed by atoms with Crippen LogP contribution in [0.5, 0.6) is 0 Å². The van der Waals surface area contributed by atoms with Gasteiger partial charge in [0.1, 0.15) is 6.04 Å². The third-order valence-electron chi connectivity index (χ3n) is 1.44. The zero-order valence-corrected chi connectivity index (χ0v) is 8.30. The van der Waals surface area contributed by atoms with Gasteiger partial charge in [-0.1, -0.05) is 0 Å². The number of hydrogen-bond donors (Lipinski definition) is 0. The Labute approximate surface area is 80.9 Å². The molecule has 0 fully saturated rings. The van der Waals surface area contributed by atoms with Crippen molar-refractivity contribution in [3.63, 3.8) is 0 Å². The lowest BCUT2D eigenvalue weighted by Crippen LogP contribution is -2.23. The zero-order chi connectivity index (χ0) is 9.35. The highest BCUT2D eigenvalue weighted by atomic mass is 127. The molecule has 0 N–H and O–H groups in total. The van der Waals surface area contributed by atoms with Gasteiger partial charge in [-0.25, -0.2) is 0 Å². The second-order valence-corrected chi connectivity index (χ2v) is 3.60. The molecule has 0 saturated carbocycles. The molecular formula is C6H6F3IN2. The van der Waals surface area contributed by atoms with E-state index in [4.69, 9.17) is 0 Å². The minimum absolute atomic E-state index is 0.698. The molecule has 2 nitrogen and oxygen atoms in total. The number of halogens is 4. The maximum absolute atomic E-state index is 12.1. The van der Waals surface area contributed by atoms with Crippen LogP contribution in [0.25, 0.3) is 0 Å². The first kappa shape index (κ1) is 9.82.